The van der Waals surface area contributed by atoms with E-state index in [1.54, 1.807) is 19.1 Å². The fourth-order valence-electron chi connectivity index (χ4n) is 4.04. The molecule has 13 nitrogen and oxygen atoms in total. The summed E-state index contributed by atoms with van der Waals surface area (Å²) in [6, 6.07) is 4.46. The van der Waals surface area contributed by atoms with Crippen LogP contribution in [0.4, 0.5) is 4.39 Å². The van der Waals surface area contributed by atoms with E-state index in [-0.39, 0.29) is 17.9 Å². The molecule has 15 heteroatoms. The fraction of sp³-hybridized carbons (Fsp3) is 0.480. The number of aromatic amines is 1. The lowest BCUT2D eigenvalue weighted by atomic mass is 9.96. The molecule has 3 rings (SSSR count). The van der Waals surface area contributed by atoms with Crippen molar-refractivity contribution >= 4 is 39.8 Å². The first kappa shape index (κ1) is 31.0. The molecule has 0 bridgehead atoms. The molecular formula is C25H28BrFN2O11. The number of aliphatic hydroxyl groups is 1. The highest BCUT2D eigenvalue weighted by molar-refractivity contribution is 9.10. The van der Waals surface area contributed by atoms with Crippen LogP contribution in [0.5, 0.6) is 5.88 Å². The lowest BCUT2D eigenvalue weighted by molar-refractivity contribution is -0.422. The molecule has 1 aliphatic rings. The third-order valence-corrected chi connectivity index (χ3v) is 6.17. The van der Waals surface area contributed by atoms with Crippen molar-refractivity contribution in [1.82, 2.24) is 10.2 Å². The number of esters is 4. The number of ether oxygens (including phenoxy) is 6. The molecule has 0 spiro atoms. The largest absolute Gasteiger partial charge is 0.463 e. The highest BCUT2D eigenvalue weighted by atomic mass is 79.9. The first-order valence-corrected chi connectivity index (χ1v) is 12.7. The van der Waals surface area contributed by atoms with Crippen molar-refractivity contribution in [3.8, 4) is 5.88 Å². The van der Waals surface area contributed by atoms with Crippen LogP contribution in [-0.4, -0.2) is 76.2 Å². The molecule has 1 aromatic carbocycles. The Labute approximate surface area is 236 Å². The second-order valence-corrected chi connectivity index (χ2v) is 9.83. The van der Waals surface area contributed by atoms with Crippen LogP contribution in [0, 0.1) is 12.7 Å². The standard InChI is InChI=1S/C25H28BrFN2O11/c1-11-18(8-16-6-7-17(26)9-19(16)27)24(29-28-11)40-25(34)23(38-15(5)33)22(37-14(4)32)21(36-13(3)31)20(39-25)10-35-12(2)30/h6-7,9,20-23,34H,8,10H2,1-5H3,(H,28,29)/t20-,21-,22+,23-,25+/m1/s1. The van der Waals surface area contributed by atoms with E-state index < -0.39 is 66.7 Å². The Balaban J connectivity index is 2.07. The number of hydrogen-bond donors (Lipinski definition) is 2. The molecule has 0 saturated carbocycles. The normalized spacial score (nSPS) is 24.1. The second kappa shape index (κ2) is 12.7. The van der Waals surface area contributed by atoms with Crippen LogP contribution in [0.1, 0.15) is 44.5 Å². The van der Waals surface area contributed by atoms with Crippen LogP contribution >= 0.6 is 15.9 Å². The SMILES string of the molecule is CC(=O)OC[C@H]1O[C@](O)(Oc2n[nH]c(C)c2Cc2ccc(Br)cc2F)[C@H](OC(C)=O)[C@@H](OC(C)=O)[C@@H]1OC(C)=O. The van der Waals surface area contributed by atoms with Crippen LogP contribution in [0.25, 0.3) is 0 Å². The predicted molar refractivity (Wildman–Crippen MR) is 134 cm³/mol. The van der Waals surface area contributed by atoms with Gasteiger partial charge < -0.3 is 33.5 Å². The van der Waals surface area contributed by atoms with Gasteiger partial charge in [0.15, 0.2) is 12.2 Å². The summed E-state index contributed by atoms with van der Waals surface area (Å²) in [4.78, 5) is 47.5. The van der Waals surface area contributed by atoms with E-state index in [2.05, 4.69) is 26.1 Å². The molecule has 2 aromatic rings. The number of nitrogens with zero attached hydrogens (tertiary/aromatic N) is 1. The molecule has 1 aromatic heterocycles. The van der Waals surface area contributed by atoms with Gasteiger partial charge in [0.05, 0.1) is 0 Å². The van der Waals surface area contributed by atoms with Gasteiger partial charge in [0, 0.05) is 49.8 Å². The number of hydrogen-bond acceptors (Lipinski definition) is 12. The van der Waals surface area contributed by atoms with Gasteiger partial charge in [-0.05, 0) is 24.6 Å². The van der Waals surface area contributed by atoms with Crippen molar-refractivity contribution in [2.75, 3.05) is 6.61 Å². The van der Waals surface area contributed by atoms with Gasteiger partial charge in [-0.25, -0.2) is 4.39 Å². The molecule has 40 heavy (non-hydrogen) atoms. The zero-order valence-corrected chi connectivity index (χ0v) is 23.8. The number of nitrogens with one attached hydrogen (secondary N) is 1. The third-order valence-electron chi connectivity index (χ3n) is 5.68. The number of carbonyl (C=O) groups excluding carboxylic acids is 4. The first-order valence-electron chi connectivity index (χ1n) is 11.9. The van der Waals surface area contributed by atoms with Gasteiger partial charge in [0.2, 0.25) is 12.0 Å². The van der Waals surface area contributed by atoms with Crippen LogP contribution in [0.15, 0.2) is 22.7 Å². The number of aryl methyl sites for hydroxylation is 1. The smallest absolute Gasteiger partial charge is 0.369 e. The molecule has 0 amide bonds. The minimum atomic E-state index is -2.93. The maximum absolute atomic E-state index is 14.6. The summed E-state index contributed by atoms with van der Waals surface area (Å²) >= 11 is 3.20. The Hall–Kier alpha value is -3.56. The zero-order valence-electron chi connectivity index (χ0n) is 22.2. The summed E-state index contributed by atoms with van der Waals surface area (Å²) in [5.74, 6) is -7.12. The van der Waals surface area contributed by atoms with E-state index in [0.717, 1.165) is 27.7 Å². The Morgan fingerprint density at radius 3 is 2.25 bits per heavy atom. The first-order chi connectivity index (χ1) is 18.7. The molecule has 1 saturated heterocycles. The van der Waals surface area contributed by atoms with E-state index >= 15 is 0 Å². The van der Waals surface area contributed by atoms with Crippen molar-refractivity contribution in [2.24, 2.45) is 0 Å². The molecule has 5 atom stereocenters. The van der Waals surface area contributed by atoms with Crippen LogP contribution in [-0.2, 0) is 49.3 Å². The average molecular weight is 631 g/mol. The van der Waals surface area contributed by atoms with Crippen LogP contribution in [0.2, 0.25) is 0 Å². The van der Waals surface area contributed by atoms with Crippen molar-refractivity contribution in [3.63, 3.8) is 0 Å². The number of H-pyrrole nitrogens is 1. The summed E-state index contributed by atoms with van der Waals surface area (Å²) in [6.07, 6.45) is -6.63. The molecular weight excluding hydrogens is 603 g/mol. The van der Waals surface area contributed by atoms with Crippen molar-refractivity contribution in [1.29, 1.82) is 0 Å². The lowest BCUT2D eigenvalue weighted by Crippen LogP contribution is -2.70. The highest BCUT2D eigenvalue weighted by Crippen LogP contribution is 2.37. The summed E-state index contributed by atoms with van der Waals surface area (Å²) in [7, 11) is 0. The van der Waals surface area contributed by atoms with E-state index in [1.165, 1.54) is 6.07 Å². The van der Waals surface area contributed by atoms with Crippen LogP contribution in [0.3, 0.4) is 0 Å². The molecule has 218 valence electrons. The topological polar surface area (TPSA) is 173 Å². The number of halogens is 2. The molecule has 1 aliphatic heterocycles. The minimum Gasteiger partial charge on any atom is -0.463 e. The monoisotopic (exact) mass is 630 g/mol. The molecule has 2 N–H and O–H groups in total. The summed E-state index contributed by atoms with van der Waals surface area (Å²) in [5.41, 5.74) is 1.03. The molecule has 0 unspecified atom stereocenters. The highest BCUT2D eigenvalue weighted by Gasteiger charge is 2.62. The van der Waals surface area contributed by atoms with Gasteiger partial charge >= 0.3 is 29.9 Å². The van der Waals surface area contributed by atoms with Gasteiger partial charge in [0.25, 0.3) is 0 Å². The number of rotatable bonds is 9. The Bertz CT molecular complexity index is 1290. The average Bonchev–Trinajstić information content (AvgIpc) is 3.16. The van der Waals surface area contributed by atoms with Gasteiger partial charge in [0.1, 0.15) is 18.5 Å². The molecule has 2 heterocycles. The fourth-order valence-corrected chi connectivity index (χ4v) is 4.38. The summed E-state index contributed by atoms with van der Waals surface area (Å²) in [6.45, 7) is 5.26. The quantitative estimate of drug-likeness (QED) is 0.235. The van der Waals surface area contributed by atoms with E-state index in [4.69, 9.17) is 28.4 Å². The van der Waals surface area contributed by atoms with Gasteiger partial charge in [-0.2, -0.15) is 0 Å². The van der Waals surface area contributed by atoms with E-state index in [9.17, 15) is 28.7 Å². The Kier molecular flexibility index (Phi) is 9.87. The maximum atomic E-state index is 14.6. The van der Waals surface area contributed by atoms with E-state index in [0.29, 0.717) is 15.7 Å². The number of benzene rings is 1. The molecule has 0 aliphatic carbocycles. The molecule has 1 fully saturated rings. The Morgan fingerprint density at radius 2 is 1.68 bits per heavy atom. The van der Waals surface area contributed by atoms with Crippen molar-refractivity contribution < 1.29 is 57.1 Å². The van der Waals surface area contributed by atoms with Gasteiger partial charge in [-0.1, -0.05) is 22.0 Å². The molecule has 0 radical (unpaired) electrons. The van der Waals surface area contributed by atoms with Gasteiger partial charge in [-0.15, -0.1) is 5.10 Å². The zero-order chi connectivity index (χ0) is 29.8. The number of aromatic nitrogens is 2. The Morgan fingerprint density at radius 1 is 1.05 bits per heavy atom. The number of carbonyl (C=O) groups is 4. The van der Waals surface area contributed by atoms with Crippen molar-refractivity contribution in [2.45, 2.75) is 71.4 Å². The summed E-state index contributed by atoms with van der Waals surface area (Å²) in [5, 5.41) is 18.4. The maximum Gasteiger partial charge on any atom is 0.369 e. The second-order valence-electron chi connectivity index (χ2n) is 8.91. The predicted octanol–water partition coefficient (Wildman–Crippen LogP) is 1.99. The van der Waals surface area contributed by atoms with Gasteiger partial charge in [-0.3, -0.25) is 24.3 Å². The summed E-state index contributed by atoms with van der Waals surface area (Å²) < 4.78 is 47.4. The van der Waals surface area contributed by atoms with Crippen LogP contribution < -0.4 is 4.74 Å². The third kappa shape index (κ3) is 7.55. The lowest BCUT2D eigenvalue weighted by Gasteiger charge is -2.47. The van der Waals surface area contributed by atoms with Crippen molar-refractivity contribution in [3.05, 3.63) is 45.3 Å². The minimum absolute atomic E-state index is 0.0363. The van der Waals surface area contributed by atoms with E-state index in [1.807, 2.05) is 0 Å².